The van der Waals surface area contributed by atoms with Crippen LogP contribution in [0.2, 0.25) is 0 Å². The third kappa shape index (κ3) is 5.21. The molecule has 5 heteroatoms. The molecule has 5 nitrogen and oxygen atoms in total. The van der Waals surface area contributed by atoms with Crippen molar-refractivity contribution >= 4 is 5.69 Å². The van der Waals surface area contributed by atoms with Crippen molar-refractivity contribution in [2.75, 3.05) is 11.9 Å². The summed E-state index contributed by atoms with van der Waals surface area (Å²) in [6, 6.07) is 23.3. The Labute approximate surface area is 154 Å². The summed E-state index contributed by atoms with van der Waals surface area (Å²) in [7, 11) is 0. The van der Waals surface area contributed by atoms with Crippen LogP contribution in [-0.2, 0) is 13.1 Å². The fourth-order valence-corrected chi connectivity index (χ4v) is 2.55. The minimum atomic E-state index is -0.225. The van der Waals surface area contributed by atoms with E-state index in [-0.39, 0.29) is 11.3 Å². The Bertz CT molecular complexity index is 878. The molecule has 26 heavy (non-hydrogen) atoms. The fraction of sp³-hybridized carbons (Fsp3) is 0.190. The quantitative estimate of drug-likeness (QED) is 0.771. The first-order chi connectivity index (χ1) is 12.7. The molecule has 0 fully saturated rings. The summed E-state index contributed by atoms with van der Waals surface area (Å²) < 4.78 is 0. The molecule has 2 aromatic rings. The Kier molecular flexibility index (Phi) is 6.95. The van der Waals surface area contributed by atoms with Gasteiger partial charge in [0.15, 0.2) is 5.57 Å². The number of rotatable bonds is 7. The van der Waals surface area contributed by atoms with Gasteiger partial charge < -0.3 is 5.32 Å². The van der Waals surface area contributed by atoms with Gasteiger partial charge in [0.05, 0.1) is 0 Å². The molecule has 0 heterocycles. The molecule has 0 aliphatic rings. The number of nitrogens with one attached hydrogen (secondary N) is 1. The lowest BCUT2D eigenvalue weighted by Gasteiger charge is -2.21. The molecule has 128 valence electrons. The Balaban J connectivity index is 2.13. The summed E-state index contributed by atoms with van der Waals surface area (Å²) in [5.74, 6) is 0. The minimum Gasteiger partial charge on any atom is -0.345 e. The van der Waals surface area contributed by atoms with Crippen LogP contribution in [0, 0.1) is 34.0 Å². The predicted molar refractivity (Wildman–Crippen MR) is 100 cm³/mol. The van der Waals surface area contributed by atoms with Gasteiger partial charge in [-0.1, -0.05) is 49.4 Å². The van der Waals surface area contributed by atoms with E-state index in [0.29, 0.717) is 5.69 Å². The first-order valence-corrected chi connectivity index (χ1v) is 8.27. The maximum absolute atomic E-state index is 9.16. The number of hydrogen-bond donors (Lipinski definition) is 1. The molecule has 0 amide bonds. The van der Waals surface area contributed by atoms with Crippen LogP contribution in [0.15, 0.2) is 65.9 Å². The van der Waals surface area contributed by atoms with Gasteiger partial charge >= 0.3 is 0 Å². The molecule has 2 rings (SSSR count). The van der Waals surface area contributed by atoms with E-state index < -0.39 is 0 Å². The molecule has 1 N–H and O–H groups in total. The number of allylic oxidation sites excluding steroid dienone is 2. The lowest BCUT2D eigenvalue weighted by Crippen LogP contribution is -2.22. The highest BCUT2D eigenvalue weighted by Gasteiger charge is 2.08. The maximum Gasteiger partial charge on any atom is 0.163 e. The smallest absolute Gasteiger partial charge is 0.163 e. The third-order valence-corrected chi connectivity index (χ3v) is 3.88. The van der Waals surface area contributed by atoms with E-state index in [1.54, 1.807) is 18.2 Å². The number of benzene rings is 2. The second-order valence-corrected chi connectivity index (χ2v) is 5.70. The first kappa shape index (κ1) is 18.7. The Morgan fingerprint density at radius 1 is 0.885 bits per heavy atom. The highest BCUT2D eigenvalue weighted by Crippen LogP contribution is 2.17. The zero-order valence-corrected chi connectivity index (χ0v) is 14.6. The number of nitriles is 3. The van der Waals surface area contributed by atoms with E-state index in [9.17, 15) is 0 Å². The monoisotopic (exact) mass is 341 g/mol. The molecule has 0 saturated heterocycles. The van der Waals surface area contributed by atoms with Crippen LogP contribution in [0.4, 0.5) is 5.69 Å². The summed E-state index contributed by atoms with van der Waals surface area (Å²) in [5, 5.41) is 29.9. The number of anilines is 1. The van der Waals surface area contributed by atoms with Crippen molar-refractivity contribution in [1.29, 1.82) is 15.8 Å². The predicted octanol–water partition coefficient (Wildman–Crippen LogP) is 3.95. The van der Waals surface area contributed by atoms with Crippen molar-refractivity contribution in [3.8, 4) is 18.2 Å². The average Bonchev–Trinajstić information content (AvgIpc) is 2.68. The highest BCUT2D eigenvalue weighted by atomic mass is 15.1. The zero-order valence-electron chi connectivity index (χ0n) is 14.6. The molecule has 0 saturated carbocycles. The summed E-state index contributed by atoms with van der Waals surface area (Å²) in [6.07, 6.45) is 0. The van der Waals surface area contributed by atoms with E-state index >= 15 is 0 Å². The Morgan fingerprint density at radius 3 is 2.15 bits per heavy atom. The summed E-state index contributed by atoms with van der Waals surface area (Å²) >= 11 is 0. The van der Waals surface area contributed by atoms with Gasteiger partial charge in [-0.25, -0.2) is 0 Å². The van der Waals surface area contributed by atoms with Gasteiger partial charge in [-0.2, -0.15) is 15.8 Å². The van der Waals surface area contributed by atoms with Crippen LogP contribution < -0.4 is 5.32 Å². The highest BCUT2D eigenvalue weighted by molar-refractivity contribution is 5.58. The average molecular weight is 341 g/mol. The molecule has 0 spiro atoms. The van der Waals surface area contributed by atoms with Crippen molar-refractivity contribution in [2.24, 2.45) is 0 Å². The number of nitrogens with zero attached hydrogens (tertiary/aromatic N) is 4. The van der Waals surface area contributed by atoms with Crippen LogP contribution in [0.25, 0.3) is 0 Å². The van der Waals surface area contributed by atoms with Gasteiger partial charge in [0.2, 0.25) is 0 Å². The standard InChI is InChI=1S/C21H19N5/c1-2-26(15-17-7-4-3-5-8-17)16-18-9-6-10-20(11-18)25-21(14-24)19(12-22)13-23/h3-11,25H,2,15-16H2,1H3. The molecule has 0 atom stereocenters. The normalized spacial score (nSPS) is 9.65. The minimum absolute atomic E-state index is 0.0382. The molecule has 0 bridgehead atoms. The molecule has 2 aromatic carbocycles. The SMILES string of the molecule is CCN(Cc1ccccc1)Cc1cccc(NC(C#N)=C(C#N)C#N)c1. The van der Waals surface area contributed by atoms with Crippen molar-refractivity contribution < 1.29 is 0 Å². The van der Waals surface area contributed by atoms with Crippen molar-refractivity contribution in [3.05, 3.63) is 77.0 Å². The van der Waals surface area contributed by atoms with Crippen LogP contribution in [0.3, 0.4) is 0 Å². The van der Waals surface area contributed by atoms with Crippen molar-refractivity contribution in [3.63, 3.8) is 0 Å². The lowest BCUT2D eigenvalue weighted by atomic mass is 10.1. The molecular weight excluding hydrogens is 322 g/mol. The summed E-state index contributed by atoms with van der Waals surface area (Å²) in [5.41, 5.74) is 2.75. The van der Waals surface area contributed by atoms with Crippen LogP contribution in [0.5, 0.6) is 0 Å². The Morgan fingerprint density at radius 2 is 1.54 bits per heavy atom. The van der Waals surface area contributed by atoms with E-state index in [1.165, 1.54) is 5.56 Å². The van der Waals surface area contributed by atoms with Crippen LogP contribution in [-0.4, -0.2) is 11.4 Å². The van der Waals surface area contributed by atoms with Gasteiger partial charge in [0.1, 0.15) is 23.9 Å². The molecular formula is C21H19N5. The lowest BCUT2D eigenvalue weighted by molar-refractivity contribution is 0.271. The van der Waals surface area contributed by atoms with Gasteiger partial charge in [-0.3, -0.25) is 4.90 Å². The molecule has 0 radical (unpaired) electrons. The van der Waals surface area contributed by atoms with E-state index in [0.717, 1.165) is 25.2 Å². The largest absolute Gasteiger partial charge is 0.345 e. The van der Waals surface area contributed by atoms with Crippen LogP contribution in [0.1, 0.15) is 18.1 Å². The number of hydrogen-bond acceptors (Lipinski definition) is 5. The fourth-order valence-electron chi connectivity index (χ4n) is 2.55. The topological polar surface area (TPSA) is 86.6 Å². The van der Waals surface area contributed by atoms with E-state index in [4.69, 9.17) is 15.8 Å². The summed E-state index contributed by atoms with van der Waals surface area (Å²) in [4.78, 5) is 2.31. The van der Waals surface area contributed by atoms with Crippen molar-refractivity contribution in [2.45, 2.75) is 20.0 Å². The van der Waals surface area contributed by atoms with Gasteiger partial charge in [-0.05, 0) is 29.8 Å². The van der Waals surface area contributed by atoms with Gasteiger partial charge in [-0.15, -0.1) is 0 Å². The zero-order chi connectivity index (χ0) is 18.8. The van der Waals surface area contributed by atoms with Gasteiger partial charge in [0.25, 0.3) is 0 Å². The Hall–Kier alpha value is -3.59. The van der Waals surface area contributed by atoms with Gasteiger partial charge in [0, 0.05) is 18.8 Å². The molecule has 0 aromatic heterocycles. The maximum atomic E-state index is 9.16. The van der Waals surface area contributed by atoms with Crippen molar-refractivity contribution in [1.82, 2.24) is 4.90 Å². The molecule has 0 unspecified atom stereocenters. The second kappa shape index (κ2) is 9.64. The van der Waals surface area contributed by atoms with E-state index in [1.807, 2.05) is 42.5 Å². The molecule has 0 aliphatic carbocycles. The molecule has 0 aliphatic heterocycles. The first-order valence-electron chi connectivity index (χ1n) is 8.27. The third-order valence-electron chi connectivity index (χ3n) is 3.88. The second-order valence-electron chi connectivity index (χ2n) is 5.70. The summed E-state index contributed by atoms with van der Waals surface area (Å²) in [6.45, 7) is 4.64. The van der Waals surface area contributed by atoms with Crippen LogP contribution >= 0.6 is 0 Å². The van der Waals surface area contributed by atoms with E-state index in [2.05, 4.69) is 29.3 Å².